The molecular formula is C17H16N4O4. The van der Waals surface area contributed by atoms with Crippen LogP contribution in [0, 0.1) is 0 Å². The lowest BCUT2D eigenvalue weighted by molar-refractivity contribution is -0.139. The molecule has 2 heterocycles. The molecular weight excluding hydrogens is 324 g/mol. The van der Waals surface area contributed by atoms with E-state index in [1.807, 2.05) is 0 Å². The van der Waals surface area contributed by atoms with Crippen LogP contribution in [0.1, 0.15) is 5.69 Å². The first-order chi connectivity index (χ1) is 12.1. The second-order valence-electron chi connectivity index (χ2n) is 5.12. The first-order valence-electron chi connectivity index (χ1n) is 7.44. The van der Waals surface area contributed by atoms with Crippen LogP contribution in [0.5, 0.6) is 11.5 Å². The first-order valence-corrected chi connectivity index (χ1v) is 7.44. The Morgan fingerprint density at radius 3 is 2.84 bits per heavy atom. The van der Waals surface area contributed by atoms with Gasteiger partial charge in [-0.3, -0.25) is 9.20 Å². The normalized spacial score (nSPS) is 11.1. The Morgan fingerprint density at radius 2 is 2.08 bits per heavy atom. The van der Waals surface area contributed by atoms with Crippen LogP contribution in [0.3, 0.4) is 0 Å². The number of hydrogen-bond donors (Lipinski definition) is 1. The van der Waals surface area contributed by atoms with E-state index in [1.165, 1.54) is 13.2 Å². The fraction of sp³-hybridized carbons (Fsp3) is 0.176. The van der Waals surface area contributed by atoms with Crippen LogP contribution in [0.2, 0.25) is 0 Å². The molecule has 0 radical (unpaired) electrons. The predicted molar refractivity (Wildman–Crippen MR) is 89.7 cm³/mol. The quantitative estimate of drug-likeness (QED) is 0.568. The van der Waals surface area contributed by atoms with E-state index in [2.05, 4.69) is 19.9 Å². The third-order valence-electron chi connectivity index (χ3n) is 3.53. The smallest absolute Gasteiger partial charge is 0.311 e. The van der Waals surface area contributed by atoms with Crippen molar-refractivity contribution in [3.8, 4) is 11.5 Å². The minimum absolute atomic E-state index is 0.0172. The molecule has 0 saturated heterocycles. The van der Waals surface area contributed by atoms with E-state index < -0.39 is 5.97 Å². The van der Waals surface area contributed by atoms with Gasteiger partial charge in [-0.15, -0.1) is 10.2 Å². The second-order valence-corrected chi connectivity index (χ2v) is 5.12. The highest BCUT2D eigenvalue weighted by molar-refractivity contribution is 5.74. The molecule has 3 rings (SSSR count). The fourth-order valence-corrected chi connectivity index (χ4v) is 2.30. The van der Waals surface area contributed by atoms with Crippen molar-refractivity contribution >= 4 is 23.1 Å². The monoisotopic (exact) mass is 340 g/mol. The van der Waals surface area contributed by atoms with Crippen LogP contribution < -0.4 is 4.74 Å². The number of benzene rings is 1. The number of aromatic nitrogens is 2. The number of pyridine rings is 1. The van der Waals surface area contributed by atoms with Gasteiger partial charge in [0.1, 0.15) is 5.75 Å². The third-order valence-corrected chi connectivity index (χ3v) is 3.53. The standard InChI is InChI=1S/C17H16N4O4/c1-24-12-6-3-5-11(9-12)19-20-16-13(10-15(23)25-2)18-17-14(22)7-4-8-21(16)17/h3-9,22H,10H2,1-2H3. The van der Waals surface area contributed by atoms with Crippen molar-refractivity contribution in [1.29, 1.82) is 0 Å². The number of nitrogens with zero attached hydrogens (tertiary/aromatic N) is 4. The fourth-order valence-electron chi connectivity index (χ4n) is 2.30. The highest BCUT2D eigenvalue weighted by Crippen LogP contribution is 2.29. The van der Waals surface area contributed by atoms with E-state index in [1.54, 1.807) is 48.0 Å². The Bertz CT molecular complexity index is 949. The summed E-state index contributed by atoms with van der Waals surface area (Å²) in [6.45, 7) is 0. The minimum Gasteiger partial charge on any atom is -0.504 e. The molecule has 8 heteroatoms. The zero-order valence-electron chi connectivity index (χ0n) is 13.7. The highest BCUT2D eigenvalue weighted by Gasteiger charge is 2.17. The van der Waals surface area contributed by atoms with Crippen molar-refractivity contribution in [2.75, 3.05) is 14.2 Å². The Balaban J connectivity index is 2.06. The number of methoxy groups -OCH3 is 2. The number of ether oxygens (including phenoxy) is 2. The predicted octanol–water partition coefficient (Wildman–Crippen LogP) is 3.18. The van der Waals surface area contributed by atoms with Crippen molar-refractivity contribution in [3.63, 3.8) is 0 Å². The van der Waals surface area contributed by atoms with Crippen molar-refractivity contribution in [3.05, 3.63) is 48.3 Å². The van der Waals surface area contributed by atoms with Crippen LogP contribution in [-0.2, 0) is 16.0 Å². The average molecular weight is 340 g/mol. The number of esters is 1. The van der Waals surface area contributed by atoms with E-state index in [-0.39, 0.29) is 12.2 Å². The lowest BCUT2D eigenvalue weighted by Gasteiger charge is -2.01. The molecule has 0 saturated carbocycles. The van der Waals surface area contributed by atoms with E-state index >= 15 is 0 Å². The summed E-state index contributed by atoms with van der Waals surface area (Å²) >= 11 is 0. The van der Waals surface area contributed by atoms with Gasteiger partial charge in [0, 0.05) is 12.3 Å². The lowest BCUT2D eigenvalue weighted by atomic mass is 10.3. The molecule has 2 aromatic heterocycles. The maximum atomic E-state index is 11.6. The summed E-state index contributed by atoms with van der Waals surface area (Å²) in [5.74, 6) is 0.526. The number of imidazole rings is 1. The molecule has 0 bridgehead atoms. The molecule has 0 aliphatic carbocycles. The zero-order valence-corrected chi connectivity index (χ0v) is 13.7. The number of rotatable bonds is 5. The van der Waals surface area contributed by atoms with E-state index in [4.69, 9.17) is 4.74 Å². The second kappa shape index (κ2) is 7.00. The summed E-state index contributed by atoms with van der Waals surface area (Å²) in [6.07, 6.45) is 1.60. The molecule has 0 aliphatic heterocycles. The maximum absolute atomic E-state index is 11.6. The number of aromatic hydroxyl groups is 1. The number of fused-ring (bicyclic) bond motifs is 1. The van der Waals surface area contributed by atoms with Gasteiger partial charge >= 0.3 is 5.97 Å². The summed E-state index contributed by atoms with van der Waals surface area (Å²) in [5, 5.41) is 18.4. The molecule has 8 nitrogen and oxygen atoms in total. The number of hydrogen-bond acceptors (Lipinski definition) is 7. The van der Waals surface area contributed by atoms with Crippen LogP contribution in [0.25, 0.3) is 5.65 Å². The van der Waals surface area contributed by atoms with Gasteiger partial charge in [-0.05, 0) is 24.3 Å². The largest absolute Gasteiger partial charge is 0.504 e. The van der Waals surface area contributed by atoms with Crippen LogP contribution >= 0.6 is 0 Å². The molecule has 0 fully saturated rings. The Kier molecular flexibility index (Phi) is 4.60. The van der Waals surface area contributed by atoms with Crippen molar-refractivity contribution in [1.82, 2.24) is 9.38 Å². The molecule has 0 spiro atoms. The summed E-state index contributed by atoms with van der Waals surface area (Å²) in [7, 11) is 2.87. The van der Waals surface area contributed by atoms with E-state index in [9.17, 15) is 9.90 Å². The molecule has 0 unspecified atom stereocenters. The summed E-state index contributed by atoms with van der Waals surface area (Å²) < 4.78 is 11.4. The molecule has 3 aromatic rings. The van der Waals surface area contributed by atoms with Crippen molar-refractivity contribution in [2.24, 2.45) is 10.2 Å². The minimum atomic E-state index is -0.458. The van der Waals surface area contributed by atoms with Crippen molar-refractivity contribution < 1.29 is 19.4 Å². The van der Waals surface area contributed by atoms with Gasteiger partial charge in [-0.25, -0.2) is 4.98 Å². The van der Waals surface area contributed by atoms with Gasteiger partial charge < -0.3 is 14.6 Å². The molecule has 25 heavy (non-hydrogen) atoms. The van der Waals surface area contributed by atoms with E-state index in [0.717, 1.165) is 0 Å². The molecule has 0 aliphatic rings. The van der Waals surface area contributed by atoms with Gasteiger partial charge in [0.25, 0.3) is 0 Å². The maximum Gasteiger partial charge on any atom is 0.311 e. The SMILES string of the molecule is COC(=O)Cc1nc2c(O)cccn2c1N=Nc1cccc(OC)c1. The van der Waals surface area contributed by atoms with Gasteiger partial charge in [0.15, 0.2) is 17.2 Å². The topological polar surface area (TPSA) is 97.8 Å². The molecule has 0 atom stereocenters. The first kappa shape index (κ1) is 16.4. The number of carbonyl (C=O) groups excluding carboxylic acids is 1. The van der Waals surface area contributed by atoms with Crippen LogP contribution in [0.4, 0.5) is 11.5 Å². The summed E-state index contributed by atoms with van der Waals surface area (Å²) in [6, 6.07) is 10.2. The van der Waals surface area contributed by atoms with Crippen LogP contribution in [0.15, 0.2) is 52.8 Å². The molecule has 1 aromatic carbocycles. The highest BCUT2D eigenvalue weighted by atomic mass is 16.5. The zero-order chi connectivity index (χ0) is 17.8. The average Bonchev–Trinajstić information content (AvgIpc) is 2.98. The van der Waals surface area contributed by atoms with Gasteiger partial charge in [-0.2, -0.15) is 0 Å². The summed E-state index contributed by atoms with van der Waals surface area (Å²) in [5.41, 5.74) is 1.24. The molecule has 1 N–H and O–H groups in total. The van der Waals surface area contributed by atoms with Crippen LogP contribution in [-0.4, -0.2) is 34.7 Å². The van der Waals surface area contributed by atoms with Gasteiger partial charge in [0.2, 0.25) is 0 Å². The Morgan fingerprint density at radius 1 is 1.24 bits per heavy atom. The Labute approximate surface area is 143 Å². The Hall–Kier alpha value is -3.42. The number of azo groups is 1. The summed E-state index contributed by atoms with van der Waals surface area (Å²) in [4.78, 5) is 15.9. The van der Waals surface area contributed by atoms with E-state index in [0.29, 0.717) is 28.6 Å². The van der Waals surface area contributed by atoms with Gasteiger partial charge in [0.05, 0.1) is 32.0 Å². The number of carbonyl (C=O) groups is 1. The molecule has 0 amide bonds. The van der Waals surface area contributed by atoms with Gasteiger partial charge in [-0.1, -0.05) is 6.07 Å². The molecule has 128 valence electrons. The lowest BCUT2D eigenvalue weighted by Crippen LogP contribution is -2.04. The van der Waals surface area contributed by atoms with Crippen molar-refractivity contribution in [2.45, 2.75) is 6.42 Å². The third kappa shape index (κ3) is 3.42.